The highest BCUT2D eigenvalue weighted by molar-refractivity contribution is 7.17. The normalized spacial score (nSPS) is 11.7. The molecule has 0 aliphatic rings. The van der Waals surface area contributed by atoms with E-state index in [1.807, 2.05) is 0 Å². The van der Waals surface area contributed by atoms with Gasteiger partial charge in [-0.05, 0) is 47.5 Å². The van der Waals surface area contributed by atoms with E-state index in [1.165, 1.54) is 25.2 Å². The Hall–Kier alpha value is -3.13. The van der Waals surface area contributed by atoms with Crippen LogP contribution in [0.1, 0.15) is 21.3 Å². The first-order chi connectivity index (χ1) is 13.4. The van der Waals surface area contributed by atoms with Crippen LogP contribution < -0.4 is 10.6 Å². The lowest BCUT2D eigenvalue weighted by Crippen LogP contribution is -2.38. The minimum atomic E-state index is -1.19. The molecular weight excluding hydrogens is 389 g/mol. The Balaban J connectivity index is 1.83. The molecule has 0 fully saturated rings. The molecule has 0 aliphatic heterocycles. The number of amides is 2. The third-order valence-corrected chi connectivity index (χ3v) is 5.15. The van der Waals surface area contributed by atoms with Crippen molar-refractivity contribution in [2.45, 2.75) is 6.04 Å². The fraction of sp³-hybridized carbons (Fsp3) is 0.100. The van der Waals surface area contributed by atoms with Crippen LogP contribution in [-0.2, 0) is 4.79 Å². The quantitative estimate of drug-likeness (QED) is 0.674. The lowest BCUT2D eigenvalue weighted by molar-refractivity contribution is -0.122. The van der Waals surface area contributed by atoms with Gasteiger partial charge in [0.15, 0.2) is 11.6 Å². The van der Waals surface area contributed by atoms with Gasteiger partial charge in [-0.25, -0.2) is 13.2 Å². The van der Waals surface area contributed by atoms with E-state index in [-0.39, 0.29) is 11.4 Å². The topological polar surface area (TPSA) is 58.2 Å². The lowest BCUT2D eigenvalue weighted by atomic mass is 10.1. The fourth-order valence-corrected chi connectivity index (χ4v) is 3.48. The predicted molar refractivity (Wildman–Crippen MR) is 100 cm³/mol. The number of nitrogens with one attached hydrogen (secondary N) is 2. The van der Waals surface area contributed by atoms with E-state index in [2.05, 4.69) is 10.6 Å². The van der Waals surface area contributed by atoms with Crippen molar-refractivity contribution >= 4 is 23.2 Å². The van der Waals surface area contributed by atoms with Crippen LogP contribution in [0, 0.1) is 17.5 Å². The second-order valence-electron chi connectivity index (χ2n) is 5.87. The highest BCUT2D eigenvalue weighted by Crippen LogP contribution is 2.28. The largest absolute Gasteiger partial charge is 0.357 e. The zero-order valence-corrected chi connectivity index (χ0v) is 15.4. The van der Waals surface area contributed by atoms with Crippen molar-refractivity contribution in [3.8, 4) is 10.4 Å². The van der Waals surface area contributed by atoms with Gasteiger partial charge in [-0.15, -0.1) is 11.3 Å². The van der Waals surface area contributed by atoms with Crippen LogP contribution in [-0.4, -0.2) is 18.9 Å². The molecule has 1 aromatic heterocycles. The molecule has 2 aromatic carbocycles. The van der Waals surface area contributed by atoms with Crippen LogP contribution in [0.2, 0.25) is 0 Å². The average Bonchev–Trinajstić information content (AvgIpc) is 3.18. The minimum Gasteiger partial charge on any atom is -0.357 e. The molecule has 3 rings (SSSR count). The molecule has 0 bridgehead atoms. The summed E-state index contributed by atoms with van der Waals surface area (Å²) in [7, 11) is 1.37. The van der Waals surface area contributed by atoms with Gasteiger partial charge >= 0.3 is 0 Å². The highest BCUT2D eigenvalue weighted by atomic mass is 32.1. The molecule has 0 saturated carbocycles. The molecule has 1 heterocycles. The van der Waals surface area contributed by atoms with Crippen LogP contribution in [0.4, 0.5) is 13.2 Å². The first-order valence-electron chi connectivity index (χ1n) is 8.22. The number of halogens is 3. The molecule has 3 aromatic rings. The molecule has 0 spiro atoms. The number of rotatable bonds is 5. The van der Waals surface area contributed by atoms with E-state index < -0.39 is 29.5 Å². The molecule has 4 nitrogen and oxygen atoms in total. The fourth-order valence-electron chi connectivity index (χ4n) is 2.57. The summed E-state index contributed by atoms with van der Waals surface area (Å²) in [6.45, 7) is 0. The highest BCUT2D eigenvalue weighted by Gasteiger charge is 2.24. The summed E-state index contributed by atoms with van der Waals surface area (Å²) in [5, 5.41) is 4.92. The molecule has 144 valence electrons. The summed E-state index contributed by atoms with van der Waals surface area (Å²) in [4.78, 5) is 25.8. The SMILES string of the molecule is CNC(=O)C(NC(=O)c1ccc(-c2ccc(F)cc2)s1)c1ccc(F)c(F)c1. The maximum atomic E-state index is 13.5. The Bertz CT molecular complexity index is 1020. The van der Waals surface area contributed by atoms with Gasteiger partial charge in [0, 0.05) is 11.9 Å². The molecular formula is C20H15F3N2O2S. The van der Waals surface area contributed by atoms with Gasteiger partial charge in [0.2, 0.25) is 5.91 Å². The van der Waals surface area contributed by atoms with Crippen molar-refractivity contribution in [3.05, 3.63) is 82.5 Å². The van der Waals surface area contributed by atoms with Crippen molar-refractivity contribution in [1.82, 2.24) is 10.6 Å². The van der Waals surface area contributed by atoms with Crippen molar-refractivity contribution in [2.24, 2.45) is 0 Å². The van der Waals surface area contributed by atoms with E-state index in [0.29, 0.717) is 4.88 Å². The molecule has 1 unspecified atom stereocenters. The van der Waals surface area contributed by atoms with Crippen molar-refractivity contribution in [3.63, 3.8) is 0 Å². The Labute approximate surface area is 163 Å². The summed E-state index contributed by atoms with van der Waals surface area (Å²) in [6, 6.07) is 10.9. The second kappa shape index (κ2) is 8.26. The summed E-state index contributed by atoms with van der Waals surface area (Å²) in [6.07, 6.45) is 0. The van der Waals surface area contributed by atoms with E-state index in [9.17, 15) is 22.8 Å². The third-order valence-electron chi connectivity index (χ3n) is 4.02. The molecule has 2 N–H and O–H groups in total. The van der Waals surface area contributed by atoms with Crippen molar-refractivity contribution in [1.29, 1.82) is 0 Å². The predicted octanol–water partition coefficient (Wildman–Crippen LogP) is 4.05. The Kier molecular flexibility index (Phi) is 5.79. The van der Waals surface area contributed by atoms with Gasteiger partial charge in [-0.2, -0.15) is 0 Å². The van der Waals surface area contributed by atoms with Crippen LogP contribution in [0.3, 0.4) is 0 Å². The van der Waals surface area contributed by atoms with Gasteiger partial charge in [0.1, 0.15) is 11.9 Å². The van der Waals surface area contributed by atoms with Crippen LogP contribution in [0.25, 0.3) is 10.4 Å². The number of thiophene rings is 1. The summed E-state index contributed by atoms with van der Waals surface area (Å²) in [5.74, 6) is -3.65. The maximum Gasteiger partial charge on any atom is 0.262 e. The smallest absolute Gasteiger partial charge is 0.262 e. The van der Waals surface area contributed by atoms with E-state index in [0.717, 1.165) is 33.9 Å². The van der Waals surface area contributed by atoms with Gasteiger partial charge in [-0.1, -0.05) is 18.2 Å². The Morgan fingerprint density at radius 1 is 0.929 bits per heavy atom. The van der Waals surface area contributed by atoms with Crippen LogP contribution in [0.5, 0.6) is 0 Å². The maximum absolute atomic E-state index is 13.5. The second-order valence-corrected chi connectivity index (χ2v) is 6.95. The zero-order valence-electron chi connectivity index (χ0n) is 14.6. The first-order valence-corrected chi connectivity index (χ1v) is 9.04. The number of carbonyl (C=O) groups is 2. The lowest BCUT2D eigenvalue weighted by Gasteiger charge is -2.17. The molecule has 2 amide bonds. The van der Waals surface area contributed by atoms with E-state index >= 15 is 0 Å². The Morgan fingerprint density at radius 2 is 1.64 bits per heavy atom. The summed E-state index contributed by atoms with van der Waals surface area (Å²) < 4.78 is 39.8. The summed E-state index contributed by atoms with van der Waals surface area (Å²) in [5.41, 5.74) is 0.857. The molecule has 0 radical (unpaired) electrons. The van der Waals surface area contributed by atoms with E-state index in [1.54, 1.807) is 24.3 Å². The van der Waals surface area contributed by atoms with Crippen LogP contribution >= 0.6 is 11.3 Å². The van der Waals surface area contributed by atoms with E-state index in [4.69, 9.17) is 0 Å². The van der Waals surface area contributed by atoms with Crippen molar-refractivity contribution < 1.29 is 22.8 Å². The monoisotopic (exact) mass is 404 g/mol. The molecule has 0 aliphatic carbocycles. The van der Waals surface area contributed by atoms with Gasteiger partial charge in [0.05, 0.1) is 4.88 Å². The third kappa shape index (κ3) is 4.23. The molecule has 28 heavy (non-hydrogen) atoms. The van der Waals surface area contributed by atoms with Gasteiger partial charge < -0.3 is 10.6 Å². The standard InChI is InChI=1S/C20H15F3N2O2S/c1-24-20(27)18(12-4-7-14(22)15(23)10-12)25-19(26)17-9-8-16(28-17)11-2-5-13(21)6-3-11/h2-10,18H,1H3,(H,24,27)(H,25,26). The number of hydrogen-bond donors (Lipinski definition) is 2. The van der Waals surface area contributed by atoms with Crippen LogP contribution in [0.15, 0.2) is 54.6 Å². The van der Waals surface area contributed by atoms with Crippen molar-refractivity contribution in [2.75, 3.05) is 7.05 Å². The molecule has 1 atom stereocenters. The zero-order chi connectivity index (χ0) is 20.3. The number of likely N-dealkylation sites (N-methyl/N-ethyl adjacent to an activating group) is 1. The number of hydrogen-bond acceptors (Lipinski definition) is 3. The Morgan fingerprint density at radius 3 is 2.29 bits per heavy atom. The first kappa shape index (κ1) is 19.6. The molecule has 0 saturated heterocycles. The molecule has 8 heteroatoms. The minimum absolute atomic E-state index is 0.113. The number of carbonyl (C=O) groups excluding carboxylic acids is 2. The van der Waals surface area contributed by atoms with Gasteiger partial charge in [0.25, 0.3) is 5.91 Å². The average molecular weight is 404 g/mol. The number of benzene rings is 2. The summed E-state index contributed by atoms with van der Waals surface area (Å²) >= 11 is 1.16. The van der Waals surface area contributed by atoms with Gasteiger partial charge in [-0.3, -0.25) is 9.59 Å².